The summed E-state index contributed by atoms with van der Waals surface area (Å²) in [4.78, 5) is 2.84. The molecule has 0 amide bonds. The van der Waals surface area contributed by atoms with E-state index in [4.69, 9.17) is 5.53 Å². The first-order valence-corrected chi connectivity index (χ1v) is 4.04. The zero-order valence-electron chi connectivity index (χ0n) is 6.64. The highest BCUT2D eigenvalue weighted by molar-refractivity contribution is 5.34. The van der Waals surface area contributed by atoms with E-state index in [2.05, 4.69) is 16.1 Å². The van der Waals surface area contributed by atoms with E-state index in [0.717, 1.165) is 12.8 Å². The molecule has 0 N–H and O–H groups in total. The van der Waals surface area contributed by atoms with E-state index in [1.54, 1.807) is 0 Å². The third-order valence-electron chi connectivity index (χ3n) is 2.29. The fraction of sp³-hybridized carbons (Fsp3) is 0.400. The average molecular weight is 175 g/mol. The highest BCUT2D eigenvalue weighted by Gasteiger charge is 2.19. The van der Waals surface area contributed by atoms with Gasteiger partial charge in [-0.25, -0.2) is 0 Å². The molecule has 1 aromatic carbocycles. The van der Waals surface area contributed by atoms with Gasteiger partial charge >= 0.3 is 0 Å². The van der Waals surface area contributed by atoms with Gasteiger partial charge < -0.3 is 0 Å². The van der Waals surface area contributed by atoms with Crippen molar-refractivity contribution in [3.63, 3.8) is 0 Å². The van der Waals surface area contributed by atoms with E-state index in [-0.39, 0.29) is 13.5 Å². The minimum atomic E-state index is 0. The van der Waals surface area contributed by atoms with Crippen LogP contribution in [-0.4, -0.2) is 0 Å². The zero-order valence-corrected chi connectivity index (χ0v) is 6.64. The number of hydrogen-bond donors (Lipinski definition) is 0. The van der Waals surface area contributed by atoms with Crippen LogP contribution in [0.1, 0.15) is 31.0 Å². The maximum Gasteiger partial charge on any atom is 0.0631 e. The van der Waals surface area contributed by atoms with Crippen LogP contribution in [0.15, 0.2) is 29.4 Å². The van der Waals surface area contributed by atoms with Crippen molar-refractivity contribution in [3.05, 3.63) is 45.8 Å². The van der Waals surface area contributed by atoms with Gasteiger partial charge in [0.05, 0.1) is 6.04 Å². The molecule has 0 saturated heterocycles. The van der Waals surface area contributed by atoms with Crippen LogP contribution in [0.3, 0.4) is 0 Å². The molecule has 0 saturated carbocycles. The number of aryl methyl sites for hydroxylation is 1. The molecule has 13 heavy (non-hydrogen) atoms. The van der Waals surface area contributed by atoms with Gasteiger partial charge in [-0.1, -0.05) is 36.8 Å². The van der Waals surface area contributed by atoms with Gasteiger partial charge in [-0.3, -0.25) is 0 Å². The maximum atomic E-state index is 8.31. The molecule has 1 aromatic rings. The minimum absolute atomic E-state index is 0. The van der Waals surface area contributed by atoms with Gasteiger partial charge in [-0.15, -0.1) is 0 Å². The lowest BCUT2D eigenvalue weighted by Gasteiger charge is -2.01. The molecule has 1 aliphatic carbocycles. The molecule has 3 heteroatoms. The Kier molecular flexibility index (Phi) is 2.93. The molecule has 0 aliphatic heterocycles. The third-order valence-corrected chi connectivity index (χ3v) is 2.29. The SMILES string of the molecule is C.[N-]=[N+]=N[C@@H]1CCc2ccccc21. The van der Waals surface area contributed by atoms with Crippen LogP contribution < -0.4 is 0 Å². The Morgan fingerprint density at radius 1 is 1.38 bits per heavy atom. The van der Waals surface area contributed by atoms with Crippen LogP contribution in [0.4, 0.5) is 0 Å². The second-order valence-electron chi connectivity index (χ2n) is 2.96. The summed E-state index contributed by atoms with van der Waals surface area (Å²) in [6, 6.07) is 8.23. The highest BCUT2D eigenvalue weighted by atomic mass is 15.1. The number of azide groups is 1. The molecule has 68 valence electrons. The Morgan fingerprint density at radius 3 is 2.92 bits per heavy atom. The van der Waals surface area contributed by atoms with Gasteiger partial charge in [0.25, 0.3) is 0 Å². The second kappa shape index (κ2) is 3.97. The first kappa shape index (κ1) is 9.62. The van der Waals surface area contributed by atoms with Gasteiger partial charge in [-0.05, 0) is 29.5 Å². The summed E-state index contributed by atoms with van der Waals surface area (Å²) in [6.07, 6.45) is 2.00. The van der Waals surface area contributed by atoms with Crippen molar-refractivity contribution >= 4 is 0 Å². The molecule has 1 aliphatic rings. The van der Waals surface area contributed by atoms with Gasteiger partial charge in [0.1, 0.15) is 0 Å². The summed E-state index contributed by atoms with van der Waals surface area (Å²) in [5.41, 5.74) is 10.8. The van der Waals surface area contributed by atoms with Crippen LogP contribution in [0.2, 0.25) is 0 Å². The van der Waals surface area contributed by atoms with E-state index in [1.807, 2.05) is 18.2 Å². The Labute approximate surface area is 78.0 Å². The van der Waals surface area contributed by atoms with Crippen LogP contribution in [0.5, 0.6) is 0 Å². The van der Waals surface area contributed by atoms with Gasteiger partial charge in [0.2, 0.25) is 0 Å². The van der Waals surface area contributed by atoms with Gasteiger partial charge in [0, 0.05) is 4.91 Å². The van der Waals surface area contributed by atoms with Crippen molar-refractivity contribution in [2.45, 2.75) is 26.3 Å². The van der Waals surface area contributed by atoms with Gasteiger partial charge in [-0.2, -0.15) is 0 Å². The maximum absolute atomic E-state index is 8.31. The number of benzene rings is 1. The monoisotopic (exact) mass is 175 g/mol. The molecular weight excluding hydrogens is 162 g/mol. The molecular formula is C10H13N3. The van der Waals surface area contributed by atoms with E-state index < -0.39 is 0 Å². The average Bonchev–Trinajstić information content (AvgIpc) is 2.50. The van der Waals surface area contributed by atoms with Crippen LogP contribution in [-0.2, 0) is 6.42 Å². The lowest BCUT2D eigenvalue weighted by molar-refractivity contribution is 0.707. The fourth-order valence-corrected chi connectivity index (χ4v) is 1.72. The van der Waals surface area contributed by atoms with Crippen LogP contribution in [0.25, 0.3) is 10.4 Å². The smallest absolute Gasteiger partial charge is 0.0631 e. The van der Waals surface area contributed by atoms with E-state index in [1.165, 1.54) is 11.1 Å². The molecule has 0 spiro atoms. The summed E-state index contributed by atoms with van der Waals surface area (Å²) >= 11 is 0. The van der Waals surface area contributed by atoms with Crippen molar-refractivity contribution in [2.75, 3.05) is 0 Å². The van der Waals surface area contributed by atoms with Crippen LogP contribution >= 0.6 is 0 Å². The summed E-state index contributed by atoms with van der Waals surface area (Å²) in [5.74, 6) is 0. The van der Waals surface area contributed by atoms with Crippen molar-refractivity contribution in [1.29, 1.82) is 0 Å². The first-order chi connectivity index (χ1) is 5.92. The topological polar surface area (TPSA) is 48.8 Å². The van der Waals surface area contributed by atoms with Crippen LogP contribution in [0, 0.1) is 0 Å². The summed E-state index contributed by atoms with van der Waals surface area (Å²) in [6.45, 7) is 0. The van der Waals surface area contributed by atoms with Crippen molar-refractivity contribution < 1.29 is 0 Å². The standard InChI is InChI=1S/C9H9N3.CH4/c10-12-11-9-6-5-7-3-1-2-4-8(7)9;/h1-4,9H,5-6H2;1H4/t9-;/m1./s1. The Balaban J connectivity index is 0.000000845. The molecule has 0 unspecified atom stereocenters. The molecule has 0 fully saturated rings. The predicted molar refractivity (Wildman–Crippen MR) is 53.4 cm³/mol. The molecule has 3 nitrogen and oxygen atoms in total. The number of rotatable bonds is 1. The quantitative estimate of drug-likeness (QED) is 0.355. The number of fused-ring (bicyclic) bond motifs is 1. The molecule has 1 atom stereocenters. The molecule has 0 bridgehead atoms. The van der Waals surface area contributed by atoms with Crippen molar-refractivity contribution in [2.24, 2.45) is 5.11 Å². The number of nitrogens with zero attached hydrogens (tertiary/aromatic N) is 3. The third kappa shape index (κ3) is 1.65. The molecule has 2 rings (SSSR count). The highest BCUT2D eigenvalue weighted by Crippen LogP contribution is 2.33. The predicted octanol–water partition coefficient (Wildman–Crippen LogP) is 3.62. The van der Waals surface area contributed by atoms with E-state index in [9.17, 15) is 0 Å². The first-order valence-electron chi connectivity index (χ1n) is 4.04. The minimum Gasteiger partial charge on any atom is -0.0859 e. The molecule has 0 aromatic heterocycles. The van der Waals surface area contributed by atoms with Crippen molar-refractivity contribution in [1.82, 2.24) is 0 Å². The second-order valence-corrected chi connectivity index (χ2v) is 2.96. The van der Waals surface area contributed by atoms with E-state index in [0.29, 0.717) is 0 Å². The zero-order chi connectivity index (χ0) is 8.39. The largest absolute Gasteiger partial charge is 0.0859 e. The van der Waals surface area contributed by atoms with Gasteiger partial charge in [0.15, 0.2) is 0 Å². The Morgan fingerprint density at radius 2 is 2.15 bits per heavy atom. The normalized spacial score (nSPS) is 18.3. The lowest BCUT2D eigenvalue weighted by Crippen LogP contribution is -1.85. The molecule has 0 heterocycles. The lowest BCUT2D eigenvalue weighted by atomic mass is 10.1. The van der Waals surface area contributed by atoms with Crippen molar-refractivity contribution in [3.8, 4) is 0 Å². The summed E-state index contributed by atoms with van der Waals surface area (Å²) in [5, 5.41) is 3.75. The summed E-state index contributed by atoms with van der Waals surface area (Å²) < 4.78 is 0. The molecule has 0 radical (unpaired) electrons. The van der Waals surface area contributed by atoms with E-state index >= 15 is 0 Å². The fourth-order valence-electron chi connectivity index (χ4n) is 1.72. The summed E-state index contributed by atoms with van der Waals surface area (Å²) in [7, 11) is 0. The Hall–Kier alpha value is -1.47. The Bertz CT molecular complexity index is 340. The number of hydrogen-bond acceptors (Lipinski definition) is 1.